The number of thioether (sulfide) groups is 1. The van der Waals surface area contributed by atoms with Gasteiger partial charge in [-0.15, -0.1) is 0 Å². The van der Waals surface area contributed by atoms with Crippen molar-refractivity contribution < 1.29 is 0 Å². The fourth-order valence-corrected chi connectivity index (χ4v) is 2.90. The second kappa shape index (κ2) is 6.31. The van der Waals surface area contributed by atoms with Gasteiger partial charge in [0.25, 0.3) is 0 Å². The highest BCUT2D eigenvalue weighted by Gasteiger charge is 2.10. The van der Waals surface area contributed by atoms with Crippen LogP contribution in [0.2, 0.25) is 0 Å². The maximum atomic E-state index is 6.02. The van der Waals surface area contributed by atoms with Crippen LogP contribution in [0.1, 0.15) is 37.0 Å². The largest absolute Gasteiger partial charge is 0.327 e. The first-order valence-electron chi connectivity index (χ1n) is 5.97. The summed E-state index contributed by atoms with van der Waals surface area (Å²) >= 11 is 1.95. The van der Waals surface area contributed by atoms with Gasteiger partial charge in [0.2, 0.25) is 0 Å². The fourth-order valence-electron chi connectivity index (χ4n) is 1.84. The predicted octanol–water partition coefficient (Wildman–Crippen LogP) is 3.66. The van der Waals surface area contributed by atoms with E-state index in [0.717, 1.165) is 12.2 Å². The number of nitrogens with two attached hydrogens (primary N) is 1. The molecule has 2 atom stereocenters. The Labute approximate surface area is 104 Å². The van der Waals surface area contributed by atoms with Gasteiger partial charge in [0.05, 0.1) is 0 Å². The zero-order valence-corrected chi connectivity index (χ0v) is 11.6. The second-order valence-corrected chi connectivity index (χ2v) is 5.95. The van der Waals surface area contributed by atoms with E-state index in [9.17, 15) is 0 Å². The average Bonchev–Trinajstić information content (AvgIpc) is 2.23. The van der Waals surface area contributed by atoms with Crippen LogP contribution in [0.3, 0.4) is 0 Å². The zero-order valence-electron chi connectivity index (χ0n) is 10.8. The Balaban J connectivity index is 2.54. The Morgan fingerprint density at radius 1 is 1.19 bits per heavy atom. The first-order valence-corrected chi connectivity index (χ1v) is 7.02. The molecule has 0 aliphatic carbocycles. The van der Waals surface area contributed by atoms with Crippen molar-refractivity contribution in [1.29, 1.82) is 0 Å². The summed E-state index contributed by atoms with van der Waals surface area (Å²) in [5.74, 6) is 1.07. The Bertz CT molecular complexity index is 315. The van der Waals surface area contributed by atoms with Crippen LogP contribution in [0.5, 0.6) is 0 Å². The summed E-state index contributed by atoms with van der Waals surface area (Å²) in [5.41, 5.74) is 10.1. The molecule has 0 spiro atoms. The molecule has 2 heteroatoms. The normalized spacial score (nSPS) is 14.8. The lowest BCUT2D eigenvalue weighted by atomic mass is 10.1. The quantitative estimate of drug-likeness (QED) is 0.845. The summed E-state index contributed by atoms with van der Waals surface area (Å²) < 4.78 is 0. The van der Waals surface area contributed by atoms with E-state index in [4.69, 9.17) is 5.73 Å². The average molecular weight is 237 g/mol. The van der Waals surface area contributed by atoms with E-state index in [1.165, 1.54) is 16.7 Å². The Morgan fingerprint density at radius 2 is 1.75 bits per heavy atom. The minimum Gasteiger partial charge on any atom is -0.327 e. The van der Waals surface area contributed by atoms with Crippen molar-refractivity contribution in [2.75, 3.05) is 0 Å². The first kappa shape index (κ1) is 13.6. The van der Waals surface area contributed by atoms with E-state index in [2.05, 4.69) is 45.9 Å². The van der Waals surface area contributed by atoms with Crippen molar-refractivity contribution in [2.45, 2.75) is 51.2 Å². The smallest absolute Gasteiger partial charge is 0.0188 e. The van der Waals surface area contributed by atoms with Crippen LogP contribution in [0.25, 0.3) is 0 Å². The number of rotatable bonds is 5. The van der Waals surface area contributed by atoms with E-state index in [1.807, 2.05) is 11.8 Å². The van der Waals surface area contributed by atoms with Crippen LogP contribution in [-0.4, -0.2) is 11.3 Å². The van der Waals surface area contributed by atoms with Gasteiger partial charge in [-0.2, -0.15) is 11.8 Å². The molecule has 0 aromatic heterocycles. The first-order chi connectivity index (χ1) is 7.52. The van der Waals surface area contributed by atoms with Gasteiger partial charge in [-0.3, -0.25) is 0 Å². The molecule has 1 aromatic rings. The van der Waals surface area contributed by atoms with Crippen LogP contribution in [0, 0.1) is 13.8 Å². The van der Waals surface area contributed by atoms with Crippen LogP contribution >= 0.6 is 11.8 Å². The fraction of sp³-hybridized carbons (Fsp3) is 0.571. The van der Waals surface area contributed by atoms with E-state index >= 15 is 0 Å². The molecule has 2 N–H and O–H groups in total. The van der Waals surface area contributed by atoms with Gasteiger partial charge in [-0.1, -0.05) is 43.2 Å². The summed E-state index contributed by atoms with van der Waals surface area (Å²) in [6.45, 7) is 8.69. The Morgan fingerprint density at radius 3 is 2.25 bits per heavy atom. The molecule has 0 radical (unpaired) electrons. The zero-order chi connectivity index (χ0) is 12.1. The minimum atomic E-state index is 0.316. The van der Waals surface area contributed by atoms with Gasteiger partial charge in [0.15, 0.2) is 0 Å². The van der Waals surface area contributed by atoms with Crippen molar-refractivity contribution in [3.05, 3.63) is 34.9 Å². The molecule has 1 aromatic carbocycles. The van der Waals surface area contributed by atoms with Crippen molar-refractivity contribution in [2.24, 2.45) is 5.73 Å². The third-order valence-corrected chi connectivity index (χ3v) is 4.24. The molecule has 0 bridgehead atoms. The van der Waals surface area contributed by atoms with Gasteiger partial charge in [0, 0.05) is 17.0 Å². The summed E-state index contributed by atoms with van der Waals surface area (Å²) in [7, 11) is 0. The lowest BCUT2D eigenvalue weighted by Crippen LogP contribution is -2.29. The predicted molar refractivity (Wildman–Crippen MR) is 74.9 cm³/mol. The molecular weight excluding hydrogens is 214 g/mol. The lowest BCUT2D eigenvalue weighted by molar-refractivity contribution is 0.642. The molecule has 0 aliphatic rings. The third-order valence-electron chi connectivity index (χ3n) is 2.87. The molecule has 0 saturated heterocycles. The molecule has 2 unspecified atom stereocenters. The number of benzene rings is 1. The van der Waals surface area contributed by atoms with Gasteiger partial charge in [-0.05, 0) is 25.8 Å². The van der Waals surface area contributed by atoms with Gasteiger partial charge in [0.1, 0.15) is 0 Å². The van der Waals surface area contributed by atoms with Gasteiger partial charge >= 0.3 is 0 Å². The van der Waals surface area contributed by atoms with E-state index < -0.39 is 0 Å². The van der Waals surface area contributed by atoms with E-state index in [1.54, 1.807) is 0 Å². The van der Waals surface area contributed by atoms with Gasteiger partial charge in [-0.25, -0.2) is 0 Å². The molecule has 0 fully saturated rings. The summed E-state index contributed by atoms with van der Waals surface area (Å²) in [4.78, 5) is 0. The Kier molecular flexibility index (Phi) is 5.36. The van der Waals surface area contributed by atoms with Crippen LogP contribution < -0.4 is 5.73 Å². The highest BCUT2D eigenvalue weighted by atomic mass is 32.2. The molecule has 0 amide bonds. The minimum absolute atomic E-state index is 0.316. The van der Waals surface area contributed by atoms with Gasteiger partial charge < -0.3 is 5.73 Å². The van der Waals surface area contributed by atoms with Crippen molar-refractivity contribution >= 4 is 11.8 Å². The van der Waals surface area contributed by atoms with Crippen molar-refractivity contribution in [3.8, 4) is 0 Å². The van der Waals surface area contributed by atoms with Crippen LogP contribution in [0.15, 0.2) is 18.2 Å². The van der Waals surface area contributed by atoms with Crippen molar-refractivity contribution in [3.63, 3.8) is 0 Å². The molecule has 1 rings (SSSR count). The highest BCUT2D eigenvalue weighted by Crippen LogP contribution is 2.21. The summed E-state index contributed by atoms with van der Waals surface area (Å²) in [5, 5.41) is 0.533. The molecule has 0 heterocycles. The lowest BCUT2D eigenvalue weighted by Gasteiger charge is -2.17. The van der Waals surface area contributed by atoms with E-state index in [0.29, 0.717) is 11.3 Å². The SMILES string of the molecule is CCC(N)C(C)SCc1cc(C)cc(C)c1. The highest BCUT2D eigenvalue weighted by molar-refractivity contribution is 7.99. The number of hydrogen-bond acceptors (Lipinski definition) is 2. The molecule has 0 aliphatic heterocycles. The van der Waals surface area contributed by atoms with Crippen molar-refractivity contribution in [1.82, 2.24) is 0 Å². The van der Waals surface area contributed by atoms with E-state index in [-0.39, 0.29) is 0 Å². The summed E-state index contributed by atoms with van der Waals surface area (Å²) in [6, 6.07) is 7.07. The topological polar surface area (TPSA) is 26.0 Å². The molecular formula is C14H23NS. The number of aryl methyl sites for hydroxylation is 2. The Hall–Kier alpha value is -0.470. The number of hydrogen-bond donors (Lipinski definition) is 1. The third kappa shape index (κ3) is 4.18. The second-order valence-electron chi connectivity index (χ2n) is 4.58. The molecule has 90 valence electrons. The van der Waals surface area contributed by atoms with Crippen LogP contribution in [0.4, 0.5) is 0 Å². The summed E-state index contributed by atoms with van der Waals surface area (Å²) in [6.07, 6.45) is 1.06. The standard InChI is InChI=1S/C14H23NS/c1-5-14(15)12(4)16-9-13-7-10(2)6-11(3)8-13/h6-8,12,14H,5,9,15H2,1-4H3. The van der Waals surface area contributed by atoms with Crippen LogP contribution in [-0.2, 0) is 5.75 Å². The molecule has 0 saturated carbocycles. The maximum Gasteiger partial charge on any atom is 0.0188 e. The monoisotopic (exact) mass is 237 g/mol. The maximum absolute atomic E-state index is 6.02. The molecule has 1 nitrogen and oxygen atoms in total. The molecule has 16 heavy (non-hydrogen) atoms.